The zero-order valence-corrected chi connectivity index (χ0v) is 10.7. The van der Waals surface area contributed by atoms with Crippen LogP contribution in [0.4, 0.5) is 0 Å². The number of nitrogens with one attached hydrogen (secondary N) is 1. The van der Waals surface area contributed by atoms with Crippen molar-refractivity contribution in [1.29, 1.82) is 0 Å². The van der Waals surface area contributed by atoms with Gasteiger partial charge in [-0.15, -0.1) is 11.8 Å². The summed E-state index contributed by atoms with van der Waals surface area (Å²) < 4.78 is 0. The van der Waals surface area contributed by atoms with E-state index in [1.807, 2.05) is 12.3 Å². The van der Waals surface area contributed by atoms with Crippen molar-refractivity contribution in [1.82, 2.24) is 5.32 Å². The van der Waals surface area contributed by atoms with Crippen molar-refractivity contribution in [2.24, 2.45) is 0 Å². The molecule has 0 saturated heterocycles. The third-order valence-corrected chi connectivity index (χ3v) is 3.12. The maximum atomic E-state index is 11.8. The summed E-state index contributed by atoms with van der Waals surface area (Å²) in [4.78, 5) is 12.8. The summed E-state index contributed by atoms with van der Waals surface area (Å²) >= 11 is 7.49. The second-order valence-electron chi connectivity index (χ2n) is 3.40. The summed E-state index contributed by atoms with van der Waals surface area (Å²) in [5, 5.41) is 11.9. The minimum absolute atomic E-state index is 0.0917. The van der Waals surface area contributed by atoms with Crippen LogP contribution in [0.15, 0.2) is 23.1 Å². The first-order valence-electron chi connectivity index (χ1n) is 4.83. The Labute approximate surface area is 104 Å². The molecule has 16 heavy (non-hydrogen) atoms. The van der Waals surface area contributed by atoms with E-state index in [0.29, 0.717) is 10.6 Å². The van der Waals surface area contributed by atoms with Gasteiger partial charge >= 0.3 is 0 Å². The molecule has 88 valence electrons. The lowest BCUT2D eigenvalue weighted by atomic mass is 10.2. The Morgan fingerprint density at radius 1 is 1.62 bits per heavy atom. The quantitative estimate of drug-likeness (QED) is 0.815. The Hall–Kier alpha value is -0.710. The summed E-state index contributed by atoms with van der Waals surface area (Å²) in [6, 6.07) is 5.03. The Morgan fingerprint density at radius 3 is 2.88 bits per heavy atom. The molecule has 0 fully saturated rings. The van der Waals surface area contributed by atoms with Crippen molar-refractivity contribution in [3.8, 4) is 0 Å². The Balaban J connectivity index is 2.89. The molecule has 0 saturated carbocycles. The molecule has 1 amide bonds. The van der Waals surface area contributed by atoms with Crippen molar-refractivity contribution in [2.75, 3.05) is 12.9 Å². The predicted octanol–water partition coefficient (Wildman–Crippen LogP) is 2.17. The fraction of sp³-hybridized carbons (Fsp3) is 0.364. The molecule has 1 atom stereocenters. The molecule has 0 spiro atoms. The van der Waals surface area contributed by atoms with Crippen molar-refractivity contribution < 1.29 is 9.90 Å². The maximum Gasteiger partial charge on any atom is 0.253 e. The highest BCUT2D eigenvalue weighted by atomic mass is 35.5. The van der Waals surface area contributed by atoms with E-state index in [-0.39, 0.29) is 18.6 Å². The lowest BCUT2D eigenvalue weighted by molar-refractivity contribution is 0.0922. The minimum atomic E-state index is -0.276. The molecule has 0 unspecified atom stereocenters. The molecule has 0 aliphatic carbocycles. The highest BCUT2D eigenvalue weighted by molar-refractivity contribution is 7.98. The van der Waals surface area contributed by atoms with Gasteiger partial charge in [-0.05, 0) is 31.4 Å². The largest absolute Gasteiger partial charge is 0.394 e. The van der Waals surface area contributed by atoms with Crippen LogP contribution in [-0.4, -0.2) is 29.9 Å². The van der Waals surface area contributed by atoms with Gasteiger partial charge in [0.1, 0.15) is 0 Å². The maximum absolute atomic E-state index is 11.8. The summed E-state index contributed by atoms with van der Waals surface area (Å²) in [5.41, 5.74) is 0.439. The number of aliphatic hydroxyl groups is 1. The van der Waals surface area contributed by atoms with Gasteiger partial charge in [-0.25, -0.2) is 0 Å². The molecule has 1 aromatic rings. The van der Waals surface area contributed by atoms with Crippen molar-refractivity contribution >= 4 is 29.3 Å². The normalized spacial score (nSPS) is 12.2. The molecule has 1 rings (SSSR count). The van der Waals surface area contributed by atoms with E-state index in [2.05, 4.69) is 5.32 Å². The van der Waals surface area contributed by atoms with Gasteiger partial charge < -0.3 is 10.4 Å². The highest BCUT2D eigenvalue weighted by Gasteiger charge is 2.13. The van der Waals surface area contributed by atoms with Crippen LogP contribution in [0.25, 0.3) is 0 Å². The van der Waals surface area contributed by atoms with Crippen LogP contribution in [0.3, 0.4) is 0 Å². The van der Waals surface area contributed by atoms with Gasteiger partial charge in [0.15, 0.2) is 0 Å². The number of hydrogen-bond acceptors (Lipinski definition) is 3. The number of halogens is 1. The molecule has 0 aliphatic rings. The topological polar surface area (TPSA) is 49.3 Å². The fourth-order valence-electron chi connectivity index (χ4n) is 1.15. The van der Waals surface area contributed by atoms with Gasteiger partial charge in [0.05, 0.1) is 17.2 Å². The molecule has 2 N–H and O–H groups in total. The number of hydrogen-bond donors (Lipinski definition) is 2. The van der Waals surface area contributed by atoms with Gasteiger partial charge in [-0.1, -0.05) is 11.6 Å². The smallest absolute Gasteiger partial charge is 0.253 e. The SMILES string of the molecule is CSc1ccc(Cl)c(C(=O)N[C@@H](C)CO)c1. The van der Waals surface area contributed by atoms with Crippen LogP contribution >= 0.6 is 23.4 Å². The van der Waals surface area contributed by atoms with E-state index < -0.39 is 0 Å². The van der Waals surface area contributed by atoms with Gasteiger partial charge in [0.2, 0.25) is 0 Å². The fourth-order valence-corrected chi connectivity index (χ4v) is 1.80. The van der Waals surface area contributed by atoms with Crippen LogP contribution in [0.2, 0.25) is 5.02 Å². The first-order valence-corrected chi connectivity index (χ1v) is 6.44. The van der Waals surface area contributed by atoms with Crippen LogP contribution in [0.5, 0.6) is 0 Å². The minimum Gasteiger partial charge on any atom is -0.394 e. The second kappa shape index (κ2) is 6.13. The number of carbonyl (C=O) groups excluding carboxylic acids is 1. The molecule has 5 heteroatoms. The van der Waals surface area contributed by atoms with Crippen LogP contribution < -0.4 is 5.32 Å². The zero-order valence-electron chi connectivity index (χ0n) is 9.16. The molecule has 1 aromatic carbocycles. The lowest BCUT2D eigenvalue weighted by Gasteiger charge is -2.12. The summed E-state index contributed by atoms with van der Waals surface area (Å²) in [7, 11) is 0. The first kappa shape index (κ1) is 13.4. The van der Waals surface area contributed by atoms with Crippen molar-refractivity contribution in [3.63, 3.8) is 0 Å². The number of rotatable bonds is 4. The first-order chi connectivity index (χ1) is 7.58. The molecule has 0 radical (unpaired) electrons. The Bertz CT molecular complexity index is 384. The molecule has 0 aromatic heterocycles. The average Bonchev–Trinajstić information content (AvgIpc) is 2.29. The monoisotopic (exact) mass is 259 g/mol. The third-order valence-electron chi connectivity index (χ3n) is 2.07. The highest BCUT2D eigenvalue weighted by Crippen LogP contribution is 2.22. The number of carbonyl (C=O) groups is 1. The molecule has 0 aliphatic heterocycles. The van der Waals surface area contributed by atoms with Crippen LogP contribution in [0, 0.1) is 0 Å². The number of amides is 1. The molecule has 0 bridgehead atoms. The number of benzene rings is 1. The summed E-state index contributed by atoms with van der Waals surface area (Å²) in [6.07, 6.45) is 1.93. The van der Waals surface area contributed by atoms with Gasteiger partial charge in [-0.3, -0.25) is 4.79 Å². The van der Waals surface area contributed by atoms with E-state index in [1.54, 1.807) is 30.8 Å². The third kappa shape index (κ3) is 3.40. The number of aliphatic hydroxyl groups excluding tert-OH is 1. The van der Waals surface area contributed by atoms with Gasteiger partial charge in [0, 0.05) is 10.9 Å². The van der Waals surface area contributed by atoms with E-state index in [0.717, 1.165) is 4.90 Å². The Morgan fingerprint density at radius 2 is 2.31 bits per heavy atom. The lowest BCUT2D eigenvalue weighted by Crippen LogP contribution is -2.35. The second-order valence-corrected chi connectivity index (χ2v) is 4.69. The standard InChI is InChI=1S/C11H14ClNO2S/c1-7(6-14)13-11(15)9-5-8(16-2)3-4-10(9)12/h3-5,7,14H,6H2,1-2H3,(H,13,15)/t7-/m0/s1. The zero-order chi connectivity index (χ0) is 12.1. The Kier molecular flexibility index (Phi) is 5.12. The van der Waals surface area contributed by atoms with Gasteiger partial charge in [0.25, 0.3) is 5.91 Å². The van der Waals surface area contributed by atoms with Gasteiger partial charge in [-0.2, -0.15) is 0 Å². The molecule has 0 heterocycles. The summed E-state index contributed by atoms with van der Waals surface area (Å²) in [6.45, 7) is 1.63. The van der Waals surface area contributed by atoms with Crippen LogP contribution in [0.1, 0.15) is 17.3 Å². The van der Waals surface area contributed by atoms with E-state index >= 15 is 0 Å². The van der Waals surface area contributed by atoms with Crippen molar-refractivity contribution in [3.05, 3.63) is 28.8 Å². The predicted molar refractivity (Wildman–Crippen MR) is 67.2 cm³/mol. The molecular weight excluding hydrogens is 246 g/mol. The van der Waals surface area contributed by atoms with E-state index in [1.165, 1.54) is 0 Å². The van der Waals surface area contributed by atoms with E-state index in [4.69, 9.17) is 16.7 Å². The number of thioether (sulfide) groups is 1. The molecular formula is C11H14ClNO2S. The molecule has 3 nitrogen and oxygen atoms in total. The van der Waals surface area contributed by atoms with Crippen molar-refractivity contribution in [2.45, 2.75) is 17.9 Å². The van der Waals surface area contributed by atoms with Crippen LogP contribution in [-0.2, 0) is 0 Å². The summed E-state index contributed by atoms with van der Waals surface area (Å²) in [5.74, 6) is -0.262. The average molecular weight is 260 g/mol. The van der Waals surface area contributed by atoms with E-state index in [9.17, 15) is 4.79 Å².